The van der Waals surface area contributed by atoms with Crippen LogP contribution in [0.2, 0.25) is 10.0 Å². The van der Waals surface area contributed by atoms with Gasteiger partial charge in [0.15, 0.2) is 0 Å². The van der Waals surface area contributed by atoms with Gasteiger partial charge in [-0.25, -0.2) is 0 Å². The van der Waals surface area contributed by atoms with Crippen molar-refractivity contribution in [2.45, 2.75) is 6.04 Å². The summed E-state index contributed by atoms with van der Waals surface area (Å²) in [5.74, 6) is 0. The first-order valence-corrected chi connectivity index (χ1v) is 7.64. The number of halogens is 2. The summed E-state index contributed by atoms with van der Waals surface area (Å²) in [6, 6.07) is 5.79. The van der Waals surface area contributed by atoms with Crippen LogP contribution in [0.4, 0.5) is 0 Å². The number of nitrogens with zero attached hydrogens (tertiary/aromatic N) is 2. The maximum Gasteiger partial charge on any atom is 0.0640 e. The molecule has 4 nitrogen and oxygen atoms in total. The molecule has 1 heterocycles. The van der Waals surface area contributed by atoms with Gasteiger partial charge in [0.05, 0.1) is 16.7 Å². The molecular formula is C14H21Cl2N3O. The largest absolute Gasteiger partial charge is 0.395 e. The number of hydrogen-bond donors (Lipinski definition) is 2. The zero-order chi connectivity index (χ0) is 14.5. The van der Waals surface area contributed by atoms with Crippen molar-refractivity contribution in [3.63, 3.8) is 0 Å². The molecule has 3 N–H and O–H groups in total. The van der Waals surface area contributed by atoms with Crippen molar-refractivity contribution >= 4 is 23.2 Å². The van der Waals surface area contributed by atoms with Gasteiger partial charge in [0.2, 0.25) is 0 Å². The third kappa shape index (κ3) is 3.64. The lowest BCUT2D eigenvalue weighted by Gasteiger charge is -2.39. The molecule has 1 atom stereocenters. The molecular weight excluding hydrogens is 297 g/mol. The molecule has 2 rings (SSSR count). The van der Waals surface area contributed by atoms with Gasteiger partial charge in [-0.3, -0.25) is 9.80 Å². The van der Waals surface area contributed by atoms with E-state index in [-0.39, 0.29) is 12.6 Å². The van der Waals surface area contributed by atoms with Crippen molar-refractivity contribution in [2.75, 3.05) is 45.9 Å². The highest BCUT2D eigenvalue weighted by atomic mass is 35.5. The molecule has 1 aromatic rings. The van der Waals surface area contributed by atoms with Crippen molar-refractivity contribution in [1.29, 1.82) is 0 Å². The van der Waals surface area contributed by atoms with Gasteiger partial charge in [-0.05, 0) is 11.6 Å². The number of piperazine rings is 1. The Morgan fingerprint density at radius 2 is 1.90 bits per heavy atom. The molecule has 0 radical (unpaired) electrons. The molecule has 20 heavy (non-hydrogen) atoms. The Kier molecular flexibility index (Phi) is 6.08. The van der Waals surface area contributed by atoms with Gasteiger partial charge >= 0.3 is 0 Å². The van der Waals surface area contributed by atoms with Gasteiger partial charge in [0.25, 0.3) is 0 Å². The molecule has 1 unspecified atom stereocenters. The summed E-state index contributed by atoms with van der Waals surface area (Å²) in [7, 11) is 0. The first kappa shape index (κ1) is 16.0. The van der Waals surface area contributed by atoms with E-state index >= 15 is 0 Å². The van der Waals surface area contributed by atoms with E-state index in [9.17, 15) is 0 Å². The van der Waals surface area contributed by atoms with Crippen LogP contribution in [0.1, 0.15) is 11.6 Å². The van der Waals surface area contributed by atoms with Crippen LogP contribution in [-0.2, 0) is 0 Å². The van der Waals surface area contributed by atoms with E-state index in [1.54, 1.807) is 6.07 Å². The monoisotopic (exact) mass is 317 g/mol. The van der Waals surface area contributed by atoms with Crippen molar-refractivity contribution in [2.24, 2.45) is 5.73 Å². The van der Waals surface area contributed by atoms with Gasteiger partial charge in [0.1, 0.15) is 0 Å². The van der Waals surface area contributed by atoms with Gasteiger partial charge < -0.3 is 10.8 Å². The standard InChI is InChI=1S/C14H21Cl2N3O/c15-12-3-1-2-11(14(12)16)13(10-17)19-6-4-18(5-7-19)8-9-20/h1-3,13,20H,4-10,17H2. The third-order valence-corrected chi connectivity index (χ3v) is 4.66. The number of nitrogens with two attached hydrogens (primary N) is 1. The zero-order valence-electron chi connectivity index (χ0n) is 11.4. The molecule has 1 fully saturated rings. The average Bonchev–Trinajstić information content (AvgIpc) is 2.46. The second kappa shape index (κ2) is 7.59. The number of rotatable bonds is 5. The van der Waals surface area contributed by atoms with E-state index in [2.05, 4.69) is 9.80 Å². The number of β-amino-alcohol motifs (C(OH)–C–C–N with tert-alkyl or cyclic N) is 1. The van der Waals surface area contributed by atoms with Crippen molar-refractivity contribution < 1.29 is 5.11 Å². The van der Waals surface area contributed by atoms with E-state index in [0.717, 1.165) is 38.3 Å². The quantitative estimate of drug-likeness (QED) is 0.866. The summed E-state index contributed by atoms with van der Waals surface area (Å²) in [6.07, 6.45) is 0. The zero-order valence-corrected chi connectivity index (χ0v) is 12.9. The summed E-state index contributed by atoms with van der Waals surface area (Å²) in [5.41, 5.74) is 6.95. The van der Waals surface area contributed by atoms with Crippen LogP contribution < -0.4 is 5.73 Å². The Labute approximate surface area is 130 Å². The summed E-state index contributed by atoms with van der Waals surface area (Å²) >= 11 is 12.4. The highest BCUT2D eigenvalue weighted by Gasteiger charge is 2.25. The Balaban J connectivity index is 2.08. The number of aliphatic hydroxyl groups excluding tert-OH is 1. The van der Waals surface area contributed by atoms with E-state index < -0.39 is 0 Å². The summed E-state index contributed by atoms with van der Waals surface area (Å²) in [5, 5.41) is 10.1. The highest BCUT2D eigenvalue weighted by molar-refractivity contribution is 6.42. The van der Waals surface area contributed by atoms with Gasteiger partial charge in [0, 0.05) is 45.3 Å². The Morgan fingerprint density at radius 3 is 2.50 bits per heavy atom. The van der Waals surface area contributed by atoms with Crippen LogP contribution in [0.15, 0.2) is 18.2 Å². The number of aliphatic hydroxyl groups is 1. The molecule has 0 amide bonds. The molecule has 6 heteroatoms. The normalized spacial score (nSPS) is 19.2. The van der Waals surface area contributed by atoms with Crippen LogP contribution in [0, 0.1) is 0 Å². The van der Waals surface area contributed by atoms with Crippen LogP contribution >= 0.6 is 23.2 Å². The van der Waals surface area contributed by atoms with Crippen LogP contribution in [0.25, 0.3) is 0 Å². The lowest BCUT2D eigenvalue weighted by Crippen LogP contribution is -2.49. The minimum atomic E-state index is 0.0949. The van der Waals surface area contributed by atoms with Gasteiger partial charge in [-0.15, -0.1) is 0 Å². The maximum atomic E-state index is 8.98. The molecule has 0 aromatic heterocycles. The van der Waals surface area contributed by atoms with E-state index in [1.165, 1.54) is 0 Å². The summed E-state index contributed by atoms with van der Waals surface area (Å²) in [4.78, 5) is 4.59. The number of benzene rings is 1. The fraction of sp³-hybridized carbons (Fsp3) is 0.571. The molecule has 112 valence electrons. The molecule has 0 spiro atoms. The van der Waals surface area contributed by atoms with E-state index in [4.69, 9.17) is 34.0 Å². The third-order valence-electron chi connectivity index (χ3n) is 3.83. The molecule has 1 aliphatic heterocycles. The number of hydrogen-bond acceptors (Lipinski definition) is 4. The lowest BCUT2D eigenvalue weighted by atomic mass is 10.0. The molecule has 0 aliphatic carbocycles. The van der Waals surface area contributed by atoms with Crippen molar-refractivity contribution in [1.82, 2.24) is 9.80 Å². The van der Waals surface area contributed by atoms with E-state index in [0.29, 0.717) is 16.6 Å². The minimum Gasteiger partial charge on any atom is -0.395 e. The molecule has 0 saturated carbocycles. The predicted octanol–water partition coefficient (Wildman–Crippen LogP) is 1.60. The SMILES string of the molecule is NCC(c1cccc(Cl)c1Cl)N1CCN(CCO)CC1. The summed E-state index contributed by atoms with van der Waals surface area (Å²) in [6.45, 7) is 5.18. The Bertz CT molecular complexity index is 436. The molecule has 1 aromatic carbocycles. The average molecular weight is 318 g/mol. The van der Waals surface area contributed by atoms with E-state index in [1.807, 2.05) is 12.1 Å². The van der Waals surface area contributed by atoms with Crippen molar-refractivity contribution in [3.8, 4) is 0 Å². The predicted molar refractivity (Wildman–Crippen MR) is 83.4 cm³/mol. The first-order valence-electron chi connectivity index (χ1n) is 6.88. The van der Waals surface area contributed by atoms with Crippen LogP contribution in [-0.4, -0.2) is 60.8 Å². The first-order chi connectivity index (χ1) is 9.67. The molecule has 0 bridgehead atoms. The second-order valence-corrected chi connectivity index (χ2v) is 5.78. The minimum absolute atomic E-state index is 0.0949. The Hall–Kier alpha value is -0.360. The second-order valence-electron chi connectivity index (χ2n) is 5.00. The fourth-order valence-electron chi connectivity index (χ4n) is 2.69. The molecule has 1 aliphatic rings. The van der Waals surface area contributed by atoms with Gasteiger partial charge in [-0.2, -0.15) is 0 Å². The molecule has 1 saturated heterocycles. The highest BCUT2D eigenvalue weighted by Crippen LogP contribution is 2.32. The van der Waals surface area contributed by atoms with Crippen LogP contribution in [0.5, 0.6) is 0 Å². The smallest absolute Gasteiger partial charge is 0.0640 e. The lowest BCUT2D eigenvalue weighted by molar-refractivity contribution is 0.0857. The van der Waals surface area contributed by atoms with Gasteiger partial charge in [-0.1, -0.05) is 35.3 Å². The van der Waals surface area contributed by atoms with Crippen LogP contribution in [0.3, 0.4) is 0 Å². The maximum absolute atomic E-state index is 8.98. The Morgan fingerprint density at radius 1 is 1.20 bits per heavy atom. The van der Waals surface area contributed by atoms with Crippen molar-refractivity contribution in [3.05, 3.63) is 33.8 Å². The fourth-order valence-corrected chi connectivity index (χ4v) is 3.12. The topological polar surface area (TPSA) is 52.7 Å². The summed E-state index contributed by atoms with van der Waals surface area (Å²) < 4.78 is 0.